The fourth-order valence-corrected chi connectivity index (χ4v) is 4.38. The Hall–Kier alpha value is -0.730. The van der Waals surface area contributed by atoms with Crippen LogP contribution in [0.4, 0.5) is 5.69 Å². The predicted molar refractivity (Wildman–Crippen MR) is 89.1 cm³/mol. The van der Waals surface area contributed by atoms with Crippen LogP contribution in [-0.4, -0.2) is 18.8 Å². The third kappa shape index (κ3) is 2.80. The van der Waals surface area contributed by atoms with Crippen molar-refractivity contribution < 1.29 is 4.74 Å². The Kier molecular flexibility index (Phi) is 4.46. The molecule has 0 aromatic heterocycles. The van der Waals surface area contributed by atoms with E-state index in [9.17, 15) is 0 Å². The lowest BCUT2D eigenvalue weighted by Gasteiger charge is -2.58. The molecule has 116 valence electrons. The van der Waals surface area contributed by atoms with Crippen LogP contribution >= 0.6 is 11.6 Å². The smallest absolute Gasteiger partial charge is 0.0670 e. The SMILES string of the molecule is CCOC1CC(Nc2cc(Cl)ccc2C)C12CCCCC2. The van der Waals surface area contributed by atoms with Crippen molar-refractivity contribution in [3.8, 4) is 0 Å². The molecule has 21 heavy (non-hydrogen) atoms. The zero-order chi connectivity index (χ0) is 14.9. The molecule has 2 aliphatic rings. The minimum atomic E-state index is 0.350. The van der Waals surface area contributed by atoms with Crippen molar-refractivity contribution in [1.82, 2.24) is 0 Å². The van der Waals surface area contributed by atoms with Gasteiger partial charge >= 0.3 is 0 Å². The van der Waals surface area contributed by atoms with Crippen molar-refractivity contribution in [3.05, 3.63) is 28.8 Å². The van der Waals surface area contributed by atoms with Crippen molar-refractivity contribution in [2.75, 3.05) is 11.9 Å². The standard InChI is InChI=1S/C18H26ClNO/c1-3-21-17-12-16(18(17)9-5-4-6-10-18)20-15-11-14(19)8-7-13(15)2/h7-8,11,16-17,20H,3-6,9-10,12H2,1-2H3. The molecule has 2 unspecified atom stereocenters. The number of halogens is 1. The van der Waals surface area contributed by atoms with Crippen molar-refractivity contribution in [1.29, 1.82) is 0 Å². The van der Waals surface area contributed by atoms with Gasteiger partial charge in [0, 0.05) is 28.8 Å². The molecule has 2 atom stereocenters. The molecular formula is C18H26ClNO. The predicted octanol–water partition coefficient (Wildman–Crippen LogP) is 5.19. The summed E-state index contributed by atoms with van der Waals surface area (Å²) in [5.74, 6) is 0. The highest BCUT2D eigenvalue weighted by atomic mass is 35.5. The lowest BCUT2D eigenvalue weighted by atomic mass is 9.55. The lowest BCUT2D eigenvalue weighted by molar-refractivity contribution is -0.134. The summed E-state index contributed by atoms with van der Waals surface area (Å²) in [6, 6.07) is 6.65. The molecule has 1 N–H and O–H groups in total. The molecule has 1 aromatic carbocycles. The van der Waals surface area contributed by atoms with E-state index in [4.69, 9.17) is 16.3 Å². The van der Waals surface area contributed by atoms with Gasteiger partial charge in [-0.3, -0.25) is 0 Å². The van der Waals surface area contributed by atoms with Gasteiger partial charge in [-0.2, -0.15) is 0 Å². The van der Waals surface area contributed by atoms with Gasteiger partial charge in [0.25, 0.3) is 0 Å². The molecule has 1 spiro atoms. The number of benzene rings is 1. The molecule has 2 fully saturated rings. The third-order valence-corrected chi connectivity index (χ3v) is 5.70. The van der Waals surface area contributed by atoms with Crippen LogP contribution in [0.5, 0.6) is 0 Å². The Morgan fingerprint density at radius 2 is 2.05 bits per heavy atom. The van der Waals surface area contributed by atoms with Gasteiger partial charge in [-0.1, -0.05) is 36.9 Å². The Morgan fingerprint density at radius 1 is 1.29 bits per heavy atom. The second-order valence-electron chi connectivity index (χ2n) is 6.63. The molecule has 2 nitrogen and oxygen atoms in total. The average molecular weight is 308 g/mol. The van der Waals surface area contributed by atoms with E-state index in [2.05, 4.69) is 31.3 Å². The minimum Gasteiger partial charge on any atom is -0.381 e. The number of hydrogen-bond acceptors (Lipinski definition) is 2. The molecule has 0 aliphatic heterocycles. The van der Waals surface area contributed by atoms with E-state index in [1.165, 1.54) is 43.4 Å². The van der Waals surface area contributed by atoms with Crippen molar-refractivity contribution >= 4 is 17.3 Å². The van der Waals surface area contributed by atoms with E-state index < -0.39 is 0 Å². The summed E-state index contributed by atoms with van der Waals surface area (Å²) in [6.07, 6.45) is 8.24. The fourth-order valence-electron chi connectivity index (χ4n) is 4.20. The summed E-state index contributed by atoms with van der Waals surface area (Å²) >= 11 is 6.15. The summed E-state index contributed by atoms with van der Waals surface area (Å²) < 4.78 is 6.03. The van der Waals surface area contributed by atoms with E-state index in [0.717, 1.165) is 18.1 Å². The highest BCUT2D eigenvalue weighted by molar-refractivity contribution is 6.30. The monoisotopic (exact) mass is 307 g/mol. The van der Waals surface area contributed by atoms with Gasteiger partial charge < -0.3 is 10.1 Å². The van der Waals surface area contributed by atoms with E-state index in [1.807, 2.05) is 6.07 Å². The quantitative estimate of drug-likeness (QED) is 0.826. The average Bonchev–Trinajstić information content (AvgIpc) is 2.50. The molecule has 0 amide bonds. The summed E-state index contributed by atoms with van der Waals surface area (Å²) in [7, 11) is 0. The van der Waals surface area contributed by atoms with Gasteiger partial charge in [-0.15, -0.1) is 0 Å². The first-order valence-corrected chi connectivity index (χ1v) is 8.68. The second kappa shape index (κ2) is 6.18. The van der Waals surface area contributed by atoms with Gasteiger partial charge in [0.2, 0.25) is 0 Å². The maximum absolute atomic E-state index is 6.15. The molecule has 2 aliphatic carbocycles. The van der Waals surface area contributed by atoms with Crippen LogP contribution in [-0.2, 0) is 4.74 Å². The molecule has 2 saturated carbocycles. The van der Waals surface area contributed by atoms with Crippen LogP contribution in [0.15, 0.2) is 18.2 Å². The van der Waals surface area contributed by atoms with E-state index in [0.29, 0.717) is 17.6 Å². The molecule has 0 bridgehead atoms. The molecular weight excluding hydrogens is 282 g/mol. The van der Waals surface area contributed by atoms with E-state index in [1.54, 1.807) is 0 Å². The highest BCUT2D eigenvalue weighted by Gasteiger charge is 2.55. The van der Waals surface area contributed by atoms with Gasteiger partial charge in [0.05, 0.1) is 6.10 Å². The van der Waals surface area contributed by atoms with Crippen LogP contribution in [0.25, 0.3) is 0 Å². The zero-order valence-corrected chi connectivity index (χ0v) is 13.9. The van der Waals surface area contributed by atoms with Gasteiger partial charge in [-0.25, -0.2) is 0 Å². The second-order valence-corrected chi connectivity index (χ2v) is 7.07. The highest BCUT2D eigenvalue weighted by Crippen LogP contribution is 2.54. The molecule has 0 heterocycles. The van der Waals surface area contributed by atoms with Crippen LogP contribution in [0, 0.1) is 12.3 Å². The van der Waals surface area contributed by atoms with E-state index in [-0.39, 0.29) is 0 Å². The first kappa shape index (κ1) is 15.2. The van der Waals surface area contributed by atoms with Gasteiger partial charge in [0.15, 0.2) is 0 Å². The summed E-state index contributed by atoms with van der Waals surface area (Å²) in [4.78, 5) is 0. The number of nitrogens with one attached hydrogen (secondary N) is 1. The minimum absolute atomic E-state index is 0.350. The maximum Gasteiger partial charge on any atom is 0.0670 e. The summed E-state index contributed by atoms with van der Waals surface area (Å²) in [6.45, 7) is 5.08. The first-order chi connectivity index (χ1) is 10.2. The number of rotatable bonds is 4. The molecule has 0 radical (unpaired) electrons. The van der Waals surface area contributed by atoms with Crippen molar-refractivity contribution in [2.24, 2.45) is 5.41 Å². The van der Waals surface area contributed by atoms with Crippen LogP contribution in [0.3, 0.4) is 0 Å². The molecule has 1 aromatic rings. The lowest BCUT2D eigenvalue weighted by Crippen LogP contribution is -2.62. The molecule has 0 saturated heterocycles. The topological polar surface area (TPSA) is 21.3 Å². The largest absolute Gasteiger partial charge is 0.381 e. The van der Waals surface area contributed by atoms with Crippen LogP contribution in [0.1, 0.15) is 51.0 Å². The number of aryl methyl sites for hydroxylation is 1. The van der Waals surface area contributed by atoms with Crippen molar-refractivity contribution in [2.45, 2.75) is 64.5 Å². The van der Waals surface area contributed by atoms with Gasteiger partial charge in [0.1, 0.15) is 0 Å². The first-order valence-electron chi connectivity index (χ1n) is 8.30. The van der Waals surface area contributed by atoms with Crippen molar-refractivity contribution in [3.63, 3.8) is 0 Å². The molecule has 3 heteroatoms. The van der Waals surface area contributed by atoms with E-state index >= 15 is 0 Å². The summed E-state index contributed by atoms with van der Waals surface area (Å²) in [5, 5.41) is 4.58. The molecule has 3 rings (SSSR count). The number of ether oxygens (including phenoxy) is 1. The third-order valence-electron chi connectivity index (χ3n) is 5.47. The number of hydrogen-bond donors (Lipinski definition) is 1. The normalized spacial score (nSPS) is 27.4. The number of anilines is 1. The maximum atomic E-state index is 6.15. The van der Waals surface area contributed by atoms with Crippen LogP contribution < -0.4 is 5.32 Å². The Labute approximate surface area is 133 Å². The van der Waals surface area contributed by atoms with Gasteiger partial charge in [-0.05, 0) is 50.8 Å². The Morgan fingerprint density at radius 3 is 2.76 bits per heavy atom. The summed E-state index contributed by atoms with van der Waals surface area (Å²) in [5.41, 5.74) is 2.81. The Bertz CT molecular complexity index is 496. The fraction of sp³-hybridized carbons (Fsp3) is 0.667. The zero-order valence-electron chi connectivity index (χ0n) is 13.1. The Balaban J connectivity index is 1.77. The van der Waals surface area contributed by atoms with Crippen LogP contribution in [0.2, 0.25) is 5.02 Å².